The van der Waals surface area contributed by atoms with Gasteiger partial charge >= 0.3 is 0 Å². The number of hydrogen-bond acceptors (Lipinski definition) is 1. The van der Waals surface area contributed by atoms with Gasteiger partial charge < -0.3 is 4.74 Å². The monoisotopic (exact) mass is 159 g/mol. The lowest BCUT2D eigenvalue weighted by Gasteiger charge is -2.01. The van der Waals surface area contributed by atoms with Crippen molar-refractivity contribution in [2.75, 3.05) is 7.11 Å². The van der Waals surface area contributed by atoms with E-state index in [1.807, 2.05) is 12.1 Å². The third-order valence-electron chi connectivity index (χ3n) is 1.43. The van der Waals surface area contributed by atoms with Gasteiger partial charge in [0.15, 0.2) is 0 Å². The molecule has 0 heterocycles. The maximum atomic E-state index is 5.08. The highest BCUT2D eigenvalue weighted by Gasteiger charge is 1.92. The van der Waals surface area contributed by atoms with Crippen molar-refractivity contribution in [2.45, 2.75) is 13.8 Å². The SMILES string of the molecule is COc1cc(C)cc(C)c1.[2HH].[2H][2H].[2H][2H].[2H][2H].[2H][2H].[2H][2H]. The van der Waals surface area contributed by atoms with Crippen LogP contribution in [-0.4, -0.2) is 7.11 Å². The molecule has 66 valence electrons. The quantitative estimate of drug-likeness (QED) is 0.606. The van der Waals surface area contributed by atoms with Crippen LogP contribution in [0.1, 0.15) is 27.4 Å². The molecule has 0 saturated heterocycles. The van der Waals surface area contributed by atoms with Gasteiger partial charge in [-0.15, -0.1) is 0 Å². The molecule has 0 amide bonds. The minimum Gasteiger partial charge on any atom is -0.497 e. The number of benzene rings is 1. The molecule has 0 aliphatic carbocycles. The van der Waals surface area contributed by atoms with Crippen molar-refractivity contribution in [2.24, 2.45) is 0 Å². The summed E-state index contributed by atoms with van der Waals surface area (Å²) >= 11 is 0. The van der Waals surface area contributed by atoms with Gasteiger partial charge in [-0.2, -0.15) is 0 Å². The highest BCUT2D eigenvalue weighted by Crippen LogP contribution is 2.14. The van der Waals surface area contributed by atoms with Crippen molar-refractivity contribution in [3.63, 3.8) is 0 Å². The molecule has 0 saturated carbocycles. The fraction of sp³-hybridized carbons (Fsp3) is 0.333. The third kappa shape index (κ3) is 1.50. The summed E-state index contributed by atoms with van der Waals surface area (Å²) in [5, 5.41) is 0. The van der Waals surface area contributed by atoms with Crippen molar-refractivity contribution in [1.82, 2.24) is 0 Å². The van der Waals surface area contributed by atoms with E-state index in [1.165, 1.54) is 11.1 Å². The first-order valence-electron chi connectivity index (χ1n) is 8.34. The summed E-state index contributed by atoms with van der Waals surface area (Å²) in [4.78, 5) is 0. The van der Waals surface area contributed by atoms with Crippen LogP contribution >= 0.6 is 0 Å². The van der Waals surface area contributed by atoms with Crippen LogP contribution < -0.4 is 4.74 Å². The highest BCUT2D eigenvalue weighted by atomic mass is 16.5. The average molecular weight is 159 g/mol. The van der Waals surface area contributed by atoms with Crippen LogP contribution in [-0.2, 0) is 0 Å². The van der Waals surface area contributed by atoms with Gasteiger partial charge in [-0.25, -0.2) is 0 Å². The Kier molecular flexibility index (Phi) is 0.807. The van der Waals surface area contributed by atoms with Crippen molar-refractivity contribution < 1.29 is 21.0 Å². The van der Waals surface area contributed by atoms with Crippen LogP contribution in [0.25, 0.3) is 0 Å². The standard InChI is InChI=1S/C9H12O.6H2/c1-7-4-8(2)6-9(5-7)10-3;;;;;;/h4-6H,1-3H3;6*1H/i;5*1+1D;1+1. The molecule has 0 atom stereocenters. The Balaban J connectivity index is -0.0000000440. The summed E-state index contributed by atoms with van der Waals surface area (Å²) in [6, 6.07) is 6.17. The second-order valence-electron chi connectivity index (χ2n) is 2.53. The minimum absolute atomic E-state index is 0. The summed E-state index contributed by atoms with van der Waals surface area (Å²) in [5.74, 6) is 0.942. The molecule has 1 nitrogen and oxygen atoms in total. The molecular formula is C9H24O. The van der Waals surface area contributed by atoms with Gasteiger partial charge in [0.2, 0.25) is 0 Å². The average Bonchev–Trinajstić information content (AvgIpc) is 2.56. The predicted octanol–water partition coefficient (Wildman–Crippen LogP) is 3.79. The molecule has 0 unspecified atom stereocenters. The van der Waals surface area contributed by atoms with Crippen LogP contribution in [0.4, 0.5) is 0 Å². The summed E-state index contributed by atoms with van der Waals surface area (Å²) in [5.41, 5.74) is 2.49. The number of methoxy groups -OCH3 is 1. The van der Waals surface area contributed by atoms with Crippen LogP contribution in [0, 0.1) is 13.8 Å². The molecule has 0 bridgehead atoms. The zero-order valence-corrected chi connectivity index (χ0v) is 6.64. The van der Waals surface area contributed by atoms with E-state index in [4.69, 9.17) is 19.6 Å². The Hall–Kier alpha value is -0.980. The van der Waals surface area contributed by atoms with Crippen LogP contribution in [0.2, 0.25) is 0 Å². The Labute approximate surface area is 78.6 Å². The number of hydrogen-bond donors (Lipinski definition) is 0. The van der Waals surface area contributed by atoms with Crippen molar-refractivity contribution in [3.8, 4) is 5.75 Å². The topological polar surface area (TPSA) is 9.23 Å². The van der Waals surface area contributed by atoms with Gasteiger partial charge in [0.1, 0.15) is 5.75 Å². The Morgan fingerprint density at radius 1 is 1.20 bits per heavy atom. The van der Waals surface area contributed by atoms with Gasteiger partial charge in [0, 0.05) is 16.3 Å². The molecule has 0 N–H and O–H groups in total. The molecule has 1 heteroatoms. The normalized spacial score (nSPS) is 13.5. The van der Waals surface area contributed by atoms with E-state index < -0.39 is 0 Å². The molecule has 1 aromatic carbocycles. The first-order chi connectivity index (χ1) is 9.72. The smallest absolute Gasteiger partial charge is 0.119 e. The van der Waals surface area contributed by atoms with Gasteiger partial charge in [0.25, 0.3) is 0 Å². The van der Waals surface area contributed by atoms with Crippen molar-refractivity contribution in [3.05, 3.63) is 29.3 Å². The zero-order valence-electron chi connectivity index (χ0n) is 16.6. The Morgan fingerprint density at radius 3 is 2.10 bits per heavy atom. The van der Waals surface area contributed by atoms with E-state index in [0.29, 0.717) is 0 Å². The molecular weight excluding hydrogens is 124 g/mol. The fourth-order valence-electron chi connectivity index (χ4n) is 1.05. The van der Waals surface area contributed by atoms with Gasteiger partial charge in [0.05, 0.1) is 7.11 Å². The largest absolute Gasteiger partial charge is 0.497 e. The molecule has 1 aromatic rings. The Morgan fingerprint density at radius 2 is 1.70 bits per heavy atom. The van der Waals surface area contributed by atoms with E-state index >= 15 is 0 Å². The first kappa shape index (κ1) is 2.95. The lowest BCUT2D eigenvalue weighted by atomic mass is 10.1. The van der Waals surface area contributed by atoms with E-state index in [1.54, 1.807) is 7.11 Å². The maximum absolute atomic E-state index is 5.08. The molecule has 10 heavy (non-hydrogen) atoms. The van der Waals surface area contributed by atoms with E-state index in [9.17, 15) is 0 Å². The molecule has 0 aliphatic heterocycles. The second-order valence-corrected chi connectivity index (χ2v) is 2.53. The zero-order chi connectivity index (χ0) is 17.6. The molecule has 1 rings (SSSR count). The lowest BCUT2D eigenvalue weighted by molar-refractivity contribution is 0.414. The molecule has 0 aromatic heterocycles. The molecule has 0 fully saturated rings. The van der Waals surface area contributed by atoms with Crippen molar-refractivity contribution in [1.29, 1.82) is 0 Å². The molecule has 0 radical (unpaired) electrons. The number of rotatable bonds is 1. The van der Waals surface area contributed by atoms with Gasteiger partial charge in [-0.05, 0) is 37.1 Å². The van der Waals surface area contributed by atoms with Crippen LogP contribution in [0.15, 0.2) is 18.2 Å². The fourth-order valence-corrected chi connectivity index (χ4v) is 1.05. The molecule has 0 spiro atoms. The minimum atomic E-state index is 0. The van der Waals surface area contributed by atoms with E-state index in [0.717, 1.165) is 5.75 Å². The summed E-state index contributed by atoms with van der Waals surface area (Å²) < 4.78 is 55.1. The highest BCUT2D eigenvalue weighted by molar-refractivity contribution is 5.32. The van der Waals surface area contributed by atoms with Crippen molar-refractivity contribution >= 4 is 0 Å². The number of aryl methyl sites for hydroxylation is 2. The van der Waals surface area contributed by atoms with Gasteiger partial charge in [-0.3, -0.25) is 0 Å². The van der Waals surface area contributed by atoms with Gasteiger partial charge in [-0.1, -0.05) is 6.07 Å². The summed E-state index contributed by atoms with van der Waals surface area (Å²) in [7, 11) is 1.69. The second kappa shape index (κ2) is 2.74. The lowest BCUT2D eigenvalue weighted by Crippen LogP contribution is -1.84. The summed E-state index contributed by atoms with van der Waals surface area (Å²) in [6.07, 6.45) is 0. The Bertz CT molecular complexity index is 229. The van der Waals surface area contributed by atoms with E-state index in [2.05, 4.69) is 19.9 Å². The first-order valence-corrected chi connectivity index (χ1v) is 3.34. The van der Waals surface area contributed by atoms with Crippen LogP contribution in [0.5, 0.6) is 5.75 Å². The van der Waals surface area contributed by atoms with Crippen LogP contribution in [0.3, 0.4) is 0 Å². The predicted molar refractivity (Wildman–Crippen MR) is 55.2 cm³/mol. The van der Waals surface area contributed by atoms with E-state index in [-0.39, 0.29) is 1.43 Å². The number of ether oxygens (including phenoxy) is 1. The maximum Gasteiger partial charge on any atom is 0.119 e. The molecule has 0 aliphatic rings. The summed E-state index contributed by atoms with van der Waals surface area (Å²) in [6.45, 7) is 4.13. The third-order valence-corrected chi connectivity index (χ3v) is 1.43.